The normalized spacial score (nSPS) is 42.7. The first-order valence-electron chi connectivity index (χ1n) is 21.2. The van der Waals surface area contributed by atoms with E-state index in [0.717, 1.165) is 42.6 Å². The Morgan fingerprint density at radius 2 is 1.55 bits per heavy atom. The number of carboxylic acids is 1. The molecular formula is C45H76N2O4. The number of carboxylic acid groups (broad SMARTS) is 1. The van der Waals surface area contributed by atoms with Crippen molar-refractivity contribution in [2.24, 2.45) is 68.5 Å². The van der Waals surface area contributed by atoms with E-state index in [0.29, 0.717) is 28.6 Å². The third-order valence-corrected chi connectivity index (χ3v) is 17.7. The summed E-state index contributed by atoms with van der Waals surface area (Å²) < 4.78 is 6.30. The third kappa shape index (κ3) is 6.91. The SMILES string of the molecule is C=C(C)[C@@H]1C[C@@H](CCN2CCC(N(C)C)CC2)C2CC[C@]3(C)[C@H](CC[C@@H]4[C@@]5(C)CC[C@H](OC(=O)CC(C)(C)CC(=O)O)C(C)(C)[C@@H]5CC[C@]43C)[C@H]21. The lowest BCUT2D eigenvalue weighted by atomic mass is 9.33. The molecule has 0 radical (unpaired) electrons. The third-order valence-electron chi connectivity index (χ3n) is 17.7. The van der Waals surface area contributed by atoms with E-state index in [-0.39, 0.29) is 35.7 Å². The molecule has 6 nitrogen and oxygen atoms in total. The molecule has 1 aliphatic heterocycles. The van der Waals surface area contributed by atoms with Gasteiger partial charge in [-0.2, -0.15) is 0 Å². The van der Waals surface area contributed by atoms with Gasteiger partial charge in [-0.3, -0.25) is 9.59 Å². The Labute approximate surface area is 312 Å². The van der Waals surface area contributed by atoms with Crippen LogP contribution in [0.25, 0.3) is 0 Å². The van der Waals surface area contributed by atoms with Gasteiger partial charge in [0, 0.05) is 11.5 Å². The highest BCUT2D eigenvalue weighted by atomic mass is 16.5. The second-order valence-corrected chi connectivity index (χ2v) is 21.5. The predicted octanol–water partition coefficient (Wildman–Crippen LogP) is 9.72. The van der Waals surface area contributed by atoms with E-state index in [1.165, 1.54) is 89.4 Å². The molecule has 0 spiro atoms. The summed E-state index contributed by atoms with van der Waals surface area (Å²) in [6.45, 7) is 27.4. The molecule has 0 aromatic heterocycles. The van der Waals surface area contributed by atoms with E-state index in [9.17, 15) is 14.7 Å². The Kier molecular flexibility index (Phi) is 10.8. The number of hydrogen-bond acceptors (Lipinski definition) is 5. The fraction of sp³-hybridized carbons (Fsp3) is 0.911. The number of allylic oxidation sites excluding steroid dienone is 1. The number of piperidine rings is 1. The summed E-state index contributed by atoms with van der Waals surface area (Å²) in [5.41, 5.74) is 1.64. The lowest BCUT2D eigenvalue weighted by Crippen LogP contribution is -2.66. The first-order chi connectivity index (χ1) is 23.7. The van der Waals surface area contributed by atoms with Crippen molar-refractivity contribution in [3.05, 3.63) is 12.2 Å². The molecule has 1 unspecified atom stereocenters. The van der Waals surface area contributed by atoms with Crippen molar-refractivity contribution in [3.8, 4) is 0 Å². The maximum absolute atomic E-state index is 13.2. The second kappa shape index (κ2) is 14.0. The minimum absolute atomic E-state index is 0.0253. The van der Waals surface area contributed by atoms with Crippen molar-refractivity contribution >= 4 is 11.9 Å². The molecular weight excluding hydrogens is 633 g/mol. The molecule has 51 heavy (non-hydrogen) atoms. The highest BCUT2D eigenvalue weighted by Gasteiger charge is 2.69. The van der Waals surface area contributed by atoms with Crippen molar-refractivity contribution < 1.29 is 19.4 Å². The zero-order chi connectivity index (χ0) is 37.3. The van der Waals surface area contributed by atoms with E-state index < -0.39 is 11.4 Å². The first kappa shape index (κ1) is 39.3. The molecule has 6 fully saturated rings. The summed E-state index contributed by atoms with van der Waals surface area (Å²) in [6, 6.07) is 0.753. The Balaban J connectivity index is 1.16. The molecule has 1 saturated heterocycles. The molecule has 11 atom stereocenters. The number of carbonyl (C=O) groups excluding carboxylic acids is 1. The van der Waals surface area contributed by atoms with Crippen molar-refractivity contribution in [3.63, 3.8) is 0 Å². The topological polar surface area (TPSA) is 70.1 Å². The Hall–Kier alpha value is -1.40. The number of carbonyl (C=O) groups is 2. The van der Waals surface area contributed by atoms with Crippen LogP contribution in [-0.4, -0.2) is 72.7 Å². The van der Waals surface area contributed by atoms with Crippen LogP contribution in [0.15, 0.2) is 12.2 Å². The number of rotatable bonds is 10. The van der Waals surface area contributed by atoms with Gasteiger partial charge in [-0.1, -0.05) is 60.6 Å². The van der Waals surface area contributed by atoms with Crippen molar-refractivity contribution in [2.75, 3.05) is 33.7 Å². The van der Waals surface area contributed by atoms with Gasteiger partial charge in [0.2, 0.25) is 0 Å². The molecule has 290 valence electrons. The van der Waals surface area contributed by atoms with Crippen LogP contribution in [0.1, 0.15) is 145 Å². The van der Waals surface area contributed by atoms with Crippen molar-refractivity contribution in [2.45, 2.75) is 157 Å². The highest BCUT2D eigenvalue weighted by molar-refractivity contribution is 5.73. The van der Waals surface area contributed by atoms with Crippen LogP contribution in [0.4, 0.5) is 0 Å². The standard InChI is InChI=1S/C45H76N2O4/c1-29(2)33-26-30(17-23-47-24-18-31(19-25-47)46(10)11)32-14-21-44(8)34(40(32)33)12-13-36-43(7)20-16-37(42(5,6)35(43)15-22-45(36,44)9)51-39(50)28-41(3,4)27-38(48)49/h30-37,40H,1,12-28H2,2-11H3,(H,48,49)/t30-,32?,33+,34-,35+,36-,37+,40-,43+,44-,45-/m1/s1. The lowest BCUT2D eigenvalue weighted by molar-refractivity contribution is -0.245. The molecule has 1 N–H and O–H groups in total. The quantitative estimate of drug-likeness (QED) is 0.180. The maximum atomic E-state index is 13.2. The molecule has 1 heterocycles. The number of esters is 1. The molecule has 5 aliphatic carbocycles. The lowest BCUT2D eigenvalue weighted by Gasteiger charge is -2.72. The van der Waals surface area contributed by atoms with Crippen molar-refractivity contribution in [1.82, 2.24) is 9.80 Å². The summed E-state index contributed by atoms with van der Waals surface area (Å²) >= 11 is 0. The van der Waals surface area contributed by atoms with Crippen LogP contribution in [0.2, 0.25) is 0 Å². The average molecular weight is 709 g/mol. The van der Waals surface area contributed by atoms with Crippen LogP contribution in [0, 0.1) is 68.5 Å². The Bertz CT molecular complexity index is 1310. The maximum Gasteiger partial charge on any atom is 0.306 e. The number of fused-ring (bicyclic) bond motifs is 7. The molecule has 0 aromatic carbocycles. The van der Waals surface area contributed by atoms with Gasteiger partial charge in [-0.25, -0.2) is 0 Å². The Morgan fingerprint density at radius 1 is 0.882 bits per heavy atom. The van der Waals surface area contributed by atoms with Crippen LogP contribution < -0.4 is 0 Å². The summed E-state index contributed by atoms with van der Waals surface area (Å²) in [4.78, 5) is 29.8. The molecule has 0 bridgehead atoms. The minimum Gasteiger partial charge on any atom is -0.481 e. The molecule has 6 aliphatic rings. The monoisotopic (exact) mass is 709 g/mol. The van der Waals surface area contributed by atoms with Crippen molar-refractivity contribution in [1.29, 1.82) is 0 Å². The first-order valence-corrected chi connectivity index (χ1v) is 21.2. The van der Waals surface area contributed by atoms with Gasteiger partial charge < -0.3 is 19.6 Å². The summed E-state index contributed by atoms with van der Waals surface area (Å²) in [5.74, 6) is 4.09. The zero-order valence-corrected chi connectivity index (χ0v) is 34.5. The minimum atomic E-state index is -0.863. The van der Waals surface area contributed by atoms with Gasteiger partial charge in [0.1, 0.15) is 6.10 Å². The van der Waals surface area contributed by atoms with Crippen LogP contribution >= 0.6 is 0 Å². The molecule has 0 aromatic rings. The molecule has 6 heteroatoms. The molecule has 5 saturated carbocycles. The van der Waals surface area contributed by atoms with Crippen LogP contribution in [-0.2, 0) is 14.3 Å². The zero-order valence-electron chi connectivity index (χ0n) is 34.5. The second-order valence-electron chi connectivity index (χ2n) is 21.5. The van der Waals surface area contributed by atoms with Gasteiger partial charge in [0.05, 0.1) is 12.8 Å². The van der Waals surface area contributed by atoms with E-state index in [2.05, 4.69) is 72.0 Å². The van der Waals surface area contributed by atoms with E-state index in [1.807, 2.05) is 13.8 Å². The number of ether oxygens (including phenoxy) is 1. The average Bonchev–Trinajstić information content (AvgIpc) is 3.40. The summed E-state index contributed by atoms with van der Waals surface area (Å²) in [5, 5.41) is 9.35. The fourth-order valence-electron chi connectivity index (χ4n) is 14.9. The predicted molar refractivity (Wildman–Crippen MR) is 207 cm³/mol. The van der Waals surface area contributed by atoms with Crippen LogP contribution in [0.5, 0.6) is 0 Å². The number of hydrogen-bond donors (Lipinski definition) is 1. The number of nitrogens with zero attached hydrogens (tertiary/aromatic N) is 2. The van der Waals surface area contributed by atoms with Gasteiger partial charge >= 0.3 is 11.9 Å². The van der Waals surface area contributed by atoms with Gasteiger partial charge in [-0.15, -0.1) is 0 Å². The summed E-state index contributed by atoms with van der Waals surface area (Å²) in [6.07, 6.45) is 15.4. The van der Waals surface area contributed by atoms with E-state index in [4.69, 9.17) is 4.74 Å². The smallest absolute Gasteiger partial charge is 0.306 e. The van der Waals surface area contributed by atoms with Gasteiger partial charge in [-0.05, 0) is 181 Å². The van der Waals surface area contributed by atoms with E-state index in [1.54, 1.807) is 0 Å². The largest absolute Gasteiger partial charge is 0.481 e. The van der Waals surface area contributed by atoms with Gasteiger partial charge in [0.25, 0.3) is 0 Å². The molecule has 6 rings (SSSR count). The molecule has 0 amide bonds. The number of aliphatic carboxylic acids is 1. The highest BCUT2D eigenvalue weighted by Crippen LogP contribution is 2.76. The summed E-state index contributed by atoms with van der Waals surface area (Å²) in [7, 11) is 4.49. The fourth-order valence-corrected chi connectivity index (χ4v) is 14.9. The van der Waals surface area contributed by atoms with Gasteiger partial charge in [0.15, 0.2) is 0 Å². The Morgan fingerprint density at radius 3 is 2.18 bits per heavy atom. The number of likely N-dealkylation sites (tertiary alicyclic amines) is 1. The van der Waals surface area contributed by atoms with E-state index >= 15 is 0 Å². The van der Waals surface area contributed by atoms with Crippen LogP contribution in [0.3, 0.4) is 0 Å².